The molecule has 54 valence electrons. The molecule has 0 aliphatic carbocycles. The maximum atomic E-state index is 5.04. The van der Waals surface area contributed by atoms with Gasteiger partial charge in [0.25, 0.3) is 0 Å². The molecule has 1 aliphatic rings. The quantitative estimate of drug-likeness (QED) is 0.500. The SMILES string of the molecule is CO[N+]1=C(C)C=CCC=C1. The fraction of sp³-hybridized carbons (Fsp3) is 0.375. The van der Waals surface area contributed by atoms with E-state index in [-0.39, 0.29) is 0 Å². The molecule has 1 heterocycles. The second kappa shape index (κ2) is 3.20. The van der Waals surface area contributed by atoms with Crippen LogP contribution in [0, 0.1) is 0 Å². The van der Waals surface area contributed by atoms with Gasteiger partial charge in [0.1, 0.15) is 7.11 Å². The average Bonchev–Trinajstić information content (AvgIpc) is 2.13. The van der Waals surface area contributed by atoms with Crippen LogP contribution in [-0.4, -0.2) is 17.6 Å². The predicted molar refractivity (Wildman–Crippen MR) is 40.8 cm³/mol. The van der Waals surface area contributed by atoms with E-state index >= 15 is 0 Å². The Morgan fingerprint density at radius 1 is 1.50 bits per heavy atom. The number of allylic oxidation sites excluding steroid dienone is 3. The van der Waals surface area contributed by atoms with Crippen LogP contribution in [0.25, 0.3) is 0 Å². The van der Waals surface area contributed by atoms with E-state index in [0.717, 1.165) is 12.1 Å². The fourth-order valence-corrected chi connectivity index (χ4v) is 0.870. The third-order valence-electron chi connectivity index (χ3n) is 1.42. The molecule has 0 N–H and O–H groups in total. The highest BCUT2D eigenvalue weighted by atomic mass is 16.6. The van der Waals surface area contributed by atoms with Crippen molar-refractivity contribution in [2.24, 2.45) is 0 Å². The monoisotopic (exact) mass is 138 g/mol. The summed E-state index contributed by atoms with van der Waals surface area (Å²) in [7, 11) is 1.66. The summed E-state index contributed by atoms with van der Waals surface area (Å²) in [4.78, 5) is 5.04. The molecule has 0 saturated carbocycles. The van der Waals surface area contributed by atoms with Gasteiger partial charge in [0.15, 0.2) is 0 Å². The molecule has 0 fully saturated rings. The highest BCUT2D eigenvalue weighted by Crippen LogP contribution is 1.95. The van der Waals surface area contributed by atoms with Crippen molar-refractivity contribution in [2.45, 2.75) is 13.3 Å². The van der Waals surface area contributed by atoms with Crippen LogP contribution in [0.1, 0.15) is 13.3 Å². The van der Waals surface area contributed by atoms with Crippen LogP contribution < -0.4 is 0 Å². The first-order chi connectivity index (χ1) is 4.84. The Labute approximate surface area is 61.1 Å². The third-order valence-corrected chi connectivity index (χ3v) is 1.42. The predicted octanol–water partition coefficient (Wildman–Crippen LogP) is 1.49. The van der Waals surface area contributed by atoms with Crippen molar-refractivity contribution in [3.05, 3.63) is 24.4 Å². The van der Waals surface area contributed by atoms with E-state index in [1.165, 1.54) is 0 Å². The minimum absolute atomic E-state index is 0.983. The Morgan fingerprint density at radius 3 is 3.00 bits per heavy atom. The normalized spacial score (nSPS) is 17.4. The summed E-state index contributed by atoms with van der Waals surface area (Å²) in [6, 6.07) is 0. The van der Waals surface area contributed by atoms with Gasteiger partial charge in [0, 0.05) is 17.7 Å². The first kappa shape index (κ1) is 7.06. The van der Waals surface area contributed by atoms with Crippen LogP contribution >= 0.6 is 0 Å². The number of rotatable bonds is 1. The Hall–Kier alpha value is -1.05. The Morgan fingerprint density at radius 2 is 2.30 bits per heavy atom. The van der Waals surface area contributed by atoms with E-state index in [0.29, 0.717) is 0 Å². The van der Waals surface area contributed by atoms with Crippen molar-refractivity contribution >= 4 is 5.71 Å². The molecule has 0 aromatic rings. The zero-order chi connectivity index (χ0) is 7.40. The van der Waals surface area contributed by atoms with E-state index in [2.05, 4.69) is 12.2 Å². The Kier molecular flexibility index (Phi) is 2.26. The summed E-state index contributed by atoms with van der Waals surface area (Å²) in [6.45, 7) is 2.01. The van der Waals surface area contributed by atoms with Gasteiger partial charge in [0.2, 0.25) is 11.9 Å². The van der Waals surface area contributed by atoms with Crippen LogP contribution in [0.2, 0.25) is 0 Å². The minimum Gasteiger partial charge on any atom is -0.274 e. The summed E-state index contributed by atoms with van der Waals surface area (Å²) in [6.07, 6.45) is 9.11. The van der Waals surface area contributed by atoms with Crippen molar-refractivity contribution in [3.8, 4) is 0 Å². The van der Waals surface area contributed by atoms with Gasteiger partial charge in [-0.15, -0.1) is 0 Å². The molecule has 0 radical (unpaired) electrons. The molecule has 0 amide bonds. The summed E-state index contributed by atoms with van der Waals surface area (Å²) >= 11 is 0. The van der Waals surface area contributed by atoms with E-state index in [4.69, 9.17) is 4.84 Å². The molecule has 0 atom stereocenters. The summed E-state index contributed by atoms with van der Waals surface area (Å²) in [5, 5.41) is 0. The lowest BCUT2D eigenvalue weighted by atomic mass is 10.3. The lowest BCUT2D eigenvalue weighted by Crippen LogP contribution is -2.09. The van der Waals surface area contributed by atoms with Gasteiger partial charge in [-0.3, -0.25) is 4.84 Å². The molecule has 1 rings (SSSR count). The molecular weight excluding hydrogens is 126 g/mol. The topological polar surface area (TPSA) is 12.2 Å². The molecular formula is C8H12NO+. The van der Waals surface area contributed by atoms with Gasteiger partial charge in [-0.1, -0.05) is 6.08 Å². The van der Waals surface area contributed by atoms with Crippen LogP contribution in [0.5, 0.6) is 0 Å². The number of nitrogens with zero attached hydrogens (tertiary/aromatic N) is 1. The van der Waals surface area contributed by atoms with E-state index in [1.54, 1.807) is 11.8 Å². The third kappa shape index (κ3) is 1.47. The van der Waals surface area contributed by atoms with Crippen molar-refractivity contribution in [2.75, 3.05) is 7.11 Å². The Bertz CT molecular complexity index is 201. The Balaban J connectivity index is 2.88. The zero-order valence-corrected chi connectivity index (χ0v) is 6.37. The lowest BCUT2D eigenvalue weighted by Gasteiger charge is -1.90. The number of hydrogen-bond donors (Lipinski definition) is 0. The molecule has 10 heavy (non-hydrogen) atoms. The number of hydrogen-bond acceptors (Lipinski definition) is 1. The van der Waals surface area contributed by atoms with Crippen LogP contribution in [0.4, 0.5) is 0 Å². The molecule has 0 bridgehead atoms. The minimum atomic E-state index is 0.983. The molecule has 1 aliphatic heterocycles. The standard InChI is InChI=1S/C8H12NO/c1-8-6-4-3-5-7-9(8)10-2/h4-7H,3H2,1-2H3/q+1. The average molecular weight is 138 g/mol. The highest BCUT2D eigenvalue weighted by molar-refractivity contribution is 5.88. The van der Waals surface area contributed by atoms with Crippen LogP contribution in [-0.2, 0) is 4.84 Å². The molecule has 0 aromatic carbocycles. The van der Waals surface area contributed by atoms with Crippen molar-refractivity contribution in [1.82, 2.24) is 0 Å². The van der Waals surface area contributed by atoms with E-state index in [9.17, 15) is 0 Å². The molecule has 2 heteroatoms. The van der Waals surface area contributed by atoms with Gasteiger partial charge in [-0.2, -0.15) is 0 Å². The van der Waals surface area contributed by atoms with Gasteiger partial charge < -0.3 is 0 Å². The summed E-state index contributed by atoms with van der Waals surface area (Å²) in [5.74, 6) is 0. The first-order valence-electron chi connectivity index (χ1n) is 3.34. The summed E-state index contributed by atoms with van der Waals surface area (Å²) in [5.41, 5.74) is 1.11. The highest BCUT2D eigenvalue weighted by Gasteiger charge is 2.04. The van der Waals surface area contributed by atoms with Gasteiger partial charge in [-0.05, 0) is 12.5 Å². The van der Waals surface area contributed by atoms with Gasteiger partial charge in [0.05, 0.1) is 0 Å². The summed E-state index contributed by atoms with van der Waals surface area (Å²) < 4.78 is 1.74. The maximum Gasteiger partial charge on any atom is 0.230 e. The molecule has 0 spiro atoms. The van der Waals surface area contributed by atoms with Crippen LogP contribution in [0.3, 0.4) is 0 Å². The van der Waals surface area contributed by atoms with E-state index in [1.807, 2.05) is 19.2 Å². The van der Waals surface area contributed by atoms with Crippen molar-refractivity contribution in [3.63, 3.8) is 0 Å². The van der Waals surface area contributed by atoms with Gasteiger partial charge >= 0.3 is 0 Å². The smallest absolute Gasteiger partial charge is 0.230 e. The molecule has 0 unspecified atom stereocenters. The fourth-order valence-electron chi connectivity index (χ4n) is 0.870. The second-order valence-electron chi connectivity index (χ2n) is 2.17. The van der Waals surface area contributed by atoms with Crippen molar-refractivity contribution < 1.29 is 9.58 Å². The number of hydroxylamine groups is 1. The largest absolute Gasteiger partial charge is 0.274 e. The zero-order valence-electron chi connectivity index (χ0n) is 6.37. The second-order valence-corrected chi connectivity index (χ2v) is 2.17. The van der Waals surface area contributed by atoms with Crippen molar-refractivity contribution in [1.29, 1.82) is 0 Å². The molecule has 0 aromatic heterocycles. The van der Waals surface area contributed by atoms with Crippen LogP contribution in [0.15, 0.2) is 24.4 Å². The lowest BCUT2D eigenvalue weighted by molar-refractivity contribution is -0.732. The van der Waals surface area contributed by atoms with Gasteiger partial charge in [-0.25, -0.2) is 0 Å². The van der Waals surface area contributed by atoms with E-state index < -0.39 is 0 Å². The maximum absolute atomic E-state index is 5.04. The molecule has 2 nitrogen and oxygen atoms in total. The first-order valence-corrected chi connectivity index (χ1v) is 3.34. The molecule has 0 saturated heterocycles.